The van der Waals surface area contributed by atoms with E-state index in [1.54, 1.807) is 0 Å². The Morgan fingerprint density at radius 1 is 1.20 bits per heavy atom. The number of ether oxygens (including phenoxy) is 1. The zero-order valence-electron chi connectivity index (χ0n) is 16.8. The second kappa shape index (κ2) is 9.34. The molecule has 1 aromatic carbocycles. The molecule has 1 fully saturated rings. The largest absolute Gasteiger partial charge is 0.454 e. The number of rotatable bonds is 9. The third-order valence-corrected chi connectivity index (χ3v) is 6.18. The van der Waals surface area contributed by atoms with E-state index in [1.807, 2.05) is 6.92 Å². The molecule has 2 atom stereocenters. The van der Waals surface area contributed by atoms with Gasteiger partial charge in [-0.1, -0.05) is 19.9 Å². The van der Waals surface area contributed by atoms with Gasteiger partial charge in [-0.15, -0.1) is 0 Å². The van der Waals surface area contributed by atoms with Gasteiger partial charge in [0.1, 0.15) is 6.04 Å². The SMILES string of the molecule is CC(C)[C@H](NS(=O)(=O)c1cccc(C(F)(F)F)c1)C(=O)OCC(=O)N[C@@H](C)C1CC1. The number of alkyl halides is 3. The van der Waals surface area contributed by atoms with Crippen molar-refractivity contribution in [2.45, 2.75) is 56.8 Å². The molecule has 0 radical (unpaired) electrons. The van der Waals surface area contributed by atoms with Crippen LogP contribution in [0.15, 0.2) is 29.2 Å². The van der Waals surface area contributed by atoms with Crippen LogP contribution in [0.2, 0.25) is 0 Å². The van der Waals surface area contributed by atoms with Crippen molar-refractivity contribution in [3.05, 3.63) is 29.8 Å². The topological polar surface area (TPSA) is 102 Å². The molecule has 1 aromatic rings. The fourth-order valence-corrected chi connectivity index (χ4v) is 4.15. The lowest BCUT2D eigenvalue weighted by molar-refractivity contribution is -0.151. The summed E-state index contributed by atoms with van der Waals surface area (Å²) in [6.07, 6.45) is -2.67. The van der Waals surface area contributed by atoms with Crippen LogP contribution < -0.4 is 10.0 Å². The third-order valence-electron chi connectivity index (χ3n) is 4.74. The highest BCUT2D eigenvalue weighted by Crippen LogP contribution is 2.32. The van der Waals surface area contributed by atoms with Gasteiger partial charge in [0.2, 0.25) is 10.0 Å². The number of benzene rings is 1. The first-order valence-corrected chi connectivity index (χ1v) is 10.9. The first-order chi connectivity index (χ1) is 13.8. The zero-order valence-corrected chi connectivity index (χ0v) is 17.6. The average molecular weight is 450 g/mol. The first kappa shape index (κ1) is 24.1. The second-order valence-corrected chi connectivity index (χ2v) is 9.38. The molecular formula is C19H25F3N2O5S. The molecule has 0 spiro atoms. The van der Waals surface area contributed by atoms with Gasteiger partial charge in [0.15, 0.2) is 6.61 Å². The molecular weight excluding hydrogens is 425 g/mol. The minimum atomic E-state index is -4.72. The van der Waals surface area contributed by atoms with E-state index in [2.05, 4.69) is 10.0 Å². The van der Waals surface area contributed by atoms with E-state index in [4.69, 9.17) is 4.74 Å². The van der Waals surface area contributed by atoms with Crippen LogP contribution >= 0.6 is 0 Å². The quantitative estimate of drug-likeness (QED) is 0.563. The highest BCUT2D eigenvalue weighted by atomic mass is 32.2. The van der Waals surface area contributed by atoms with Crippen molar-refractivity contribution < 1.29 is 35.9 Å². The molecule has 0 saturated heterocycles. The molecule has 1 aliphatic carbocycles. The van der Waals surface area contributed by atoms with Crippen LogP contribution in [-0.4, -0.2) is 39.0 Å². The van der Waals surface area contributed by atoms with E-state index in [1.165, 1.54) is 13.8 Å². The second-order valence-electron chi connectivity index (χ2n) is 7.67. The monoisotopic (exact) mass is 450 g/mol. The average Bonchev–Trinajstić information content (AvgIpc) is 3.48. The summed E-state index contributed by atoms with van der Waals surface area (Å²) in [7, 11) is -4.44. The summed E-state index contributed by atoms with van der Waals surface area (Å²) in [5.74, 6) is -1.67. The van der Waals surface area contributed by atoms with Gasteiger partial charge in [-0.2, -0.15) is 17.9 Å². The van der Waals surface area contributed by atoms with Crippen LogP contribution in [0.3, 0.4) is 0 Å². The Bertz CT molecular complexity index is 882. The maximum Gasteiger partial charge on any atom is 0.416 e. The molecule has 11 heteroatoms. The summed E-state index contributed by atoms with van der Waals surface area (Å²) in [5, 5.41) is 2.70. The molecule has 2 rings (SSSR count). The van der Waals surface area contributed by atoms with E-state index in [0.29, 0.717) is 12.0 Å². The fourth-order valence-electron chi connectivity index (χ4n) is 2.77. The van der Waals surface area contributed by atoms with E-state index in [9.17, 15) is 31.2 Å². The van der Waals surface area contributed by atoms with Crippen LogP contribution in [-0.2, 0) is 30.5 Å². The van der Waals surface area contributed by atoms with Crippen LogP contribution in [0.25, 0.3) is 0 Å². The molecule has 0 aliphatic heterocycles. The van der Waals surface area contributed by atoms with Crippen molar-refractivity contribution in [2.24, 2.45) is 11.8 Å². The van der Waals surface area contributed by atoms with Crippen molar-refractivity contribution in [3.63, 3.8) is 0 Å². The summed E-state index contributed by atoms with van der Waals surface area (Å²) >= 11 is 0. The number of nitrogens with one attached hydrogen (secondary N) is 2. The number of esters is 1. The van der Waals surface area contributed by atoms with E-state index < -0.39 is 57.1 Å². The van der Waals surface area contributed by atoms with Gasteiger partial charge in [-0.25, -0.2) is 8.42 Å². The fraction of sp³-hybridized carbons (Fsp3) is 0.579. The molecule has 1 aliphatic rings. The van der Waals surface area contributed by atoms with Crippen LogP contribution in [0, 0.1) is 11.8 Å². The van der Waals surface area contributed by atoms with Gasteiger partial charge in [-0.05, 0) is 49.8 Å². The van der Waals surface area contributed by atoms with Gasteiger partial charge >= 0.3 is 12.1 Å². The number of halogens is 3. The Balaban J connectivity index is 2.04. The number of hydrogen-bond donors (Lipinski definition) is 2. The molecule has 2 N–H and O–H groups in total. The van der Waals surface area contributed by atoms with Crippen LogP contribution in [0.5, 0.6) is 0 Å². The summed E-state index contributed by atoms with van der Waals surface area (Å²) in [6, 6.07) is 1.76. The Morgan fingerprint density at radius 3 is 2.37 bits per heavy atom. The maximum atomic E-state index is 12.9. The lowest BCUT2D eigenvalue weighted by atomic mass is 10.1. The zero-order chi connectivity index (χ0) is 22.7. The molecule has 168 valence electrons. The van der Waals surface area contributed by atoms with Gasteiger partial charge in [0.05, 0.1) is 10.5 Å². The summed E-state index contributed by atoms with van der Waals surface area (Å²) in [5.41, 5.74) is -1.13. The lowest BCUT2D eigenvalue weighted by Crippen LogP contribution is -2.46. The number of hydrogen-bond acceptors (Lipinski definition) is 5. The highest BCUT2D eigenvalue weighted by molar-refractivity contribution is 7.89. The Labute approximate surface area is 173 Å². The maximum absolute atomic E-state index is 12.9. The molecule has 0 aromatic heterocycles. The van der Waals surface area contributed by atoms with Crippen LogP contribution in [0.1, 0.15) is 39.2 Å². The minimum Gasteiger partial charge on any atom is -0.454 e. The lowest BCUT2D eigenvalue weighted by Gasteiger charge is -2.21. The third kappa shape index (κ3) is 6.69. The summed E-state index contributed by atoms with van der Waals surface area (Å²) in [6.45, 7) is 4.34. The standard InChI is InChI=1S/C19H25F3N2O5S/c1-11(2)17(18(26)29-10-16(25)23-12(3)13-7-8-13)24-30(27,28)15-6-4-5-14(9-15)19(20,21)22/h4-6,9,11-13,17,24H,7-8,10H2,1-3H3,(H,23,25)/t12-,17-/m0/s1. The van der Waals surface area contributed by atoms with Crippen molar-refractivity contribution >= 4 is 21.9 Å². The minimum absolute atomic E-state index is 0.0449. The summed E-state index contributed by atoms with van der Waals surface area (Å²) in [4.78, 5) is 23.6. The predicted octanol–water partition coefficient (Wildman–Crippen LogP) is 2.47. The number of amides is 1. The van der Waals surface area contributed by atoms with E-state index in [0.717, 1.165) is 31.0 Å². The number of sulfonamides is 1. The van der Waals surface area contributed by atoms with Crippen molar-refractivity contribution in [1.82, 2.24) is 10.0 Å². The van der Waals surface area contributed by atoms with E-state index in [-0.39, 0.29) is 6.04 Å². The van der Waals surface area contributed by atoms with Gasteiger partial charge < -0.3 is 10.1 Å². The normalized spacial score (nSPS) is 16.8. The Kier molecular flexibility index (Phi) is 7.51. The number of carbonyl (C=O) groups excluding carboxylic acids is 2. The Morgan fingerprint density at radius 2 is 1.83 bits per heavy atom. The van der Waals surface area contributed by atoms with E-state index >= 15 is 0 Å². The van der Waals surface area contributed by atoms with Gasteiger partial charge in [0.25, 0.3) is 5.91 Å². The first-order valence-electron chi connectivity index (χ1n) is 9.47. The summed E-state index contributed by atoms with van der Waals surface area (Å²) < 4.78 is 70.7. The van der Waals surface area contributed by atoms with Crippen molar-refractivity contribution in [1.29, 1.82) is 0 Å². The molecule has 0 unspecified atom stereocenters. The molecule has 30 heavy (non-hydrogen) atoms. The molecule has 7 nitrogen and oxygen atoms in total. The Hall–Kier alpha value is -2.14. The molecule has 0 heterocycles. The van der Waals surface area contributed by atoms with Crippen molar-refractivity contribution in [3.8, 4) is 0 Å². The van der Waals surface area contributed by atoms with Crippen molar-refractivity contribution in [2.75, 3.05) is 6.61 Å². The molecule has 1 saturated carbocycles. The molecule has 1 amide bonds. The van der Waals surface area contributed by atoms with Gasteiger partial charge in [0, 0.05) is 6.04 Å². The van der Waals surface area contributed by atoms with Gasteiger partial charge in [-0.3, -0.25) is 9.59 Å². The van der Waals surface area contributed by atoms with Crippen LogP contribution in [0.4, 0.5) is 13.2 Å². The number of carbonyl (C=O) groups is 2. The smallest absolute Gasteiger partial charge is 0.416 e. The predicted molar refractivity (Wildman–Crippen MR) is 102 cm³/mol. The highest BCUT2D eigenvalue weighted by Gasteiger charge is 2.34. The molecule has 0 bridgehead atoms.